The predicted molar refractivity (Wildman–Crippen MR) is 109 cm³/mol. The van der Waals surface area contributed by atoms with Gasteiger partial charge < -0.3 is 9.67 Å². The van der Waals surface area contributed by atoms with Crippen LogP contribution >= 0.6 is 0 Å². The lowest BCUT2D eigenvalue weighted by Crippen LogP contribution is -2.10. The zero-order chi connectivity index (χ0) is 19.4. The van der Waals surface area contributed by atoms with Gasteiger partial charge in [-0.2, -0.15) is 5.10 Å². The van der Waals surface area contributed by atoms with Crippen LogP contribution in [0.25, 0.3) is 22.2 Å². The molecule has 0 aliphatic carbocycles. The molecule has 1 aromatic carbocycles. The Kier molecular flexibility index (Phi) is 5.99. The van der Waals surface area contributed by atoms with Gasteiger partial charge in [-0.15, -0.1) is 0 Å². The standard InChI is InChI=1S/C22H29N3O2/c1-4-6-8-12-25-21(22(26)27)14-19(23-25)18-15-24(11-7-5-2)20-13-16(3)9-10-17(18)20/h9-10,13-15H,4-8,11-12H2,1-3H3,(H,26,27). The molecule has 0 aliphatic rings. The maximum atomic E-state index is 11.7. The quantitative estimate of drug-likeness (QED) is 0.508. The Bertz CT molecular complexity index is 937. The van der Waals surface area contributed by atoms with Crippen molar-refractivity contribution in [1.82, 2.24) is 14.3 Å². The summed E-state index contributed by atoms with van der Waals surface area (Å²) in [5.41, 5.74) is 4.44. The number of aryl methyl sites for hydroxylation is 3. The average molecular weight is 367 g/mol. The summed E-state index contributed by atoms with van der Waals surface area (Å²) in [5.74, 6) is -0.921. The Balaban J connectivity index is 2.06. The molecule has 0 saturated heterocycles. The van der Waals surface area contributed by atoms with Crippen molar-refractivity contribution < 1.29 is 9.90 Å². The molecule has 0 aliphatic heterocycles. The molecule has 0 unspecified atom stereocenters. The second-order valence-corrected chi connectivity index (χ2v) is 7.26. The van der Waals surface area contributed by atoms with Crippen molar-refractivity contribution in [1.29, 1.82) is 0 Å². The first-order valence-corrected chi connectivity index (χ1v) is 9.96. The number of carboxylic acids is 1. The first-order valence-electron chi connectivity index (χ1n) is 9.96. The van der Waals surface area contributed by atoms with Crippen LogP contribution in [-0.2, 0) is 13.1 Å². The van der Waals surface area contributed by atoms with Crippen LogP contribution in [-0.4, -0.2) is 25.4 Å². The predicted octanol–water partition coefficient (Wildman–Crippen LogP) is 5.50. The Morgan fingerprint density at radius 1 is 1.07 bits per heavy atom. The Hall–Kier alpha value is -2.56. The monoisotopic (exact) mass is 367 g/mol. The highest BCUT2D eigenvalue weighted by Crippen LogP contribution is 2.31. The topological polar surface area (TPSA) is 60.0 Å². The van der Waals surface area contributed by atoms with Crippen molar-refractivity contribution in [2.24, 2.45) is 0 Å². The molecule has 0 atom stereocenters. The van der Waals surface area contributed by atoms with E-state index in [0.29, 0.717) is 6.54 Å². The minimum absolute atomic E-state index is 0.266. The van der Waals surface area contributed by atoms with E-state index in [2.05, 4.69) is 54.8 Å². The number of aromatic carboxylic acids is 1. The van der Waals surface area contributed by atoms with Crippen molar-refractivity contribution in [3.8, 4) is 11.3 Å². The Labute approximate surface area is 160 Å². The number of hydrogen-bond acceptors (Lipinski definition) is 2. The average Bonchev–Trinajstić information content (AvgIpc) is 3.21. The molecule has 3 aromatic rings. The first kappa shape index (κ1) is 19.2. The van der Waals surface area contributed by atoms with Crippen LogP contribution in [0.15, 0.2) is 30.5 Å². The maximum Gasteiger partial charge on any atom is 0.354 e. The van der Waals surface area contributed by atoms with Gasteiger partial charge in [-0.05, 0) is 37.5 Å². The van der Waals surface area contributed by atoms with E-state index in [1.165, 1.54) is 11.1 Å². The van der Waals surface area contributed by atoms with E-state index in [0.717, 1.165) is 55.3 Å². The molecule has 3 rings (SSSR count). The van der Waals surface area contributed by atoms with Gasteiger partial charge in [0.2, 0.25) is 0 Å². The van der Waals surface area contributed by atoms with Crippen molar-refractivity contribution in [3.63, 3.8) is 0 Å². The molecule has 0 saturated carbocycles. The van der Waals surface area contributed by atoms with Crippen LogP contribution in [0.5, 0.6) is 0 Å². The summed E-state index contributed by atoms with van der Waals surface area (Å²) in [6.07, 6.45) is 7.49. The number of carbonyl (C=O) groups is 1. The number of hydrogen-bond donors (Lipinski definition) is 1. The van der Waals surface area contributed by atoms with E-state index < -0.39 is 5.97 Å². The number of fused-ring (bicyclic) bond motifs is 1. The molecule has 0 radical (unpaired) electrons. The number of nitrogens with zero attached hydrogens (tertiary/aromatic N) is 3. The largest absolute Gasteiger partial charge is 0.477 e. The number of aromatic nitrogens is 3. The highest BCUT2D eigenvalue weighted by Gasteiger charge is 2.18. The second kappa shape index (κ2) is 8.42. The lowest BCUT2D eigenvalue weighted by atomic mass is 10.1. The summed E-state index contributed by atoms with van der Waals surface area (Å²) in [4.78, 5) is 11.7. The van der Waals surface area contributed by atoms with Gasteiger partial charge in [0.15, 0.2) is 0 Å². The molecule has 27 heavy (non-hydrogen) atoms. The van der Waals surface area contributed by atoms with Gasteiger partial charge >= 0.3 is 5.97 Å². The fourth-order valence-corrected chi connectivity index (χ4v) is 3.52. The fraction of sp³-hybridized carbons (Fsp3) is 0.455. The molecule has 2 aromatic heterocycles. The third-order valence-corrected chi connectivity index (χ3v) is 5.04. The second-order valence-electron chi connectivity index (χ2n) is 7.26. The highest BCUT2D eigenvalue weighted by atomic mass is 16.4. The summed E-state index contributed by atoms with van der Waals surface area (Å²) in [6, 6.07) is 8.14. The normalized spacial score (nSPS) is 11.4. The van der Waals surface area contributed by atoms with E-state index in [9.17, 15) is 9.90 Å². The minimum Gasteiger partial charge on any atom is -0.477 e. The molecule has 5 heteroatoms. The van der Waals surface area contributed by atoms with E-state index in [-0.39, 0.29) is 5.69 Å². The van der Waals surface area contributed by atoms with Gasteiger partial charge in [-0.1, -0.05) is 45.2 Å². The Morgan fingerprint density at radius 2 is 1.85 bits per heavy atom. The molecule has 0 amide bonds. The lowest BCUT2D eigenvalue weighted by molar-refractivity contribution is 0.0683. The van der Waals surface area contributed by atoms with E-state index in [1.54, 1.807) is 10.7 Å². The maximum absolute atomic E-state index is 11.7. The van der Waals surface area contributed by atoms with Gasteiger partial charge in [0.25, 0.3) is 0 Å². The van der Waals surface area contributed by atoms with E-state index in [1.807, 2.05) is 0 Å². The van der Waals surface area contributed by atoms with Crippen LogP contribution in [0.2, 0.25) is 0 Å². The van der Waals surface area contributed by atoms with Gasteiger partial charge in [-0.3, -0.25) is 4.68 Å². The third-order valence-electron chi connectivity index (χ3n) is 5.04. The lowest BCUT2D eigenvalue weighted by Gasteiger charge is -2.04. The van der Waals surface area contributed by atoms with Crippen LogP contribution in [0, 0.1) is 6.92 Å². The number of benzene rings is 1. The van der Waals surface area contributed by atoms with Gasteiger partial charge in [0, 0.05) is 35.8 Å². The number of rotatable bonds is 9. The summed E-state index contributed by atoms with van der Waals surface area (Å²) < 4.78 is 3.93. The molecule has 0 bridgehead atoms. The highest BCUT2D eigenvalue weighted by molar-refractivity contribution is 5.97. The summed E-state index contributed by atoms with van der Waals surface area (Å²) in [5, 5.41) is 15.4. The minimum atomic E-state index is -0.921. The molecule has 1 N–H and O–H groups in total. The van der Waals surface area contributed by atoms with Crippen LogP contribution in [0.3, 0.4) is 0 Å². The van der Waals surface area contributed by atoms with Crippen molar-refractivity contribution in [2.45, 2.75) is 66.0 Å². The Morgan fingerprint density at radius 3 is 2.56 bits per heavy atom. The van der Waals surface area contributed by atoms with E-state index >= 15 is 0 Å². The van der Waals surface area contributed by atoms with Crippen molar-refractivity contribution in [3.05, 3.63) is 41.7 Å². The van der Waals surface area contributed by atoms with Crippen molar-refractivity contribution in [2.75, 3.05) is 0 Å². The van der Waals surface area contributed by atoms with Gasteiger partial charge in [-0.25, -0.2) is 4.79 Å². The molecule has 0 spiro atoms. The molecular weight excluding hydrogens is 338 g/mol. The molecule has 5 nitrogen and oxygen atoms in total. The SMILES string of the molecule is CCCCCn1nc(-c2cn(CCCC)c3cc(C)ccc23)cc1C(=O)O. The summed E-state index contributed by atoms with van der Waals surface area (Å²) in [6.45, 7) is 8.03. The zero-order valence-corrected chi connectivity index (χ0v) is 16.5. The van der Waals surface area contributed by atoms with E-state index in [4.69, 9.17) is 0 Å². The first-order chi connectivity index (χ1) is 13.0. The molecular formula is C22H29N3O2. The summed E-state index contributed by atoms with van der Waals surface area (Å²) >= 11 is 0. The van der Waals surface area contributed by atoms with Gasteiger partial charge in [0.1, 0.15) is 5.69 Å². The molecule has 0 fully saturated rings. The smallest absolute Gasteiger partial charge is 0.354 e. The zero-order valence-electron chi connectivity index (χ0n) is 16.5. The van der Waals surface area contributed by atoms with Gasteiger partial charge in [0.05, 0.1) is 5.69 Å². The fourth-order valence-electron chi connectivity index (χ4n) is 3.52. The van der Waals surface area contributed by atoms with Crippen LogP contribution in [0.1, 0.15) is 62.0 Å². The van der Waals surface area contributed by atoms with Crippen LogP contribution < -0.4 is 0 Å². The number of carboxylic acid groups (broad SMARTS) is 1. The number of unbranched alkanes of at least 4 members (excludes halogenated alkanes) is 3. The third kappa shape index (κ3) is 4.07. The van der Waals surface area contributed by atoms with Crippen LogP contribution in [0.4, 0.5) is 0 Å². The van der Waals surface area contributed by atoms with Crippen molar-refractivity contribution >= 4 is 16.9 Å². The molecule has 2 heterocycles. The summed E-state index contributed by atoms with van der Waals surface area (Å²) in [7, 11) is 0. The molecule has 144 valence electrons.